The monoisotopic (exact) mass is 360 g/mol. The minimum Gasteiger partial charge on any atom is -0.355 e. The lowest BCUT2D eigenvalue weighted by atomic mass is 10.3. The van der Waals surface area contributed by atoms with Crippen LogP contribution in [0, 0.1) is 0 Å². The number of aromatic amines is 1. The Bertz CT molecular complexity index is 751. The minimum atomic E-state index is 0.550. The van der Waals surface area contributed by atoms with E-state index in [1.54, 1.807) is 0 Å². The second-order valence-electron chi connectivity index (χ2n) is 4.52. The number of fused-ring (bicyclic) bond motifs is 1. The molecule has 0 spiro atoms. The topological polar surface area (TPSA) is 52.7 Å². The standard InChI is InChI=1S/C15H13BrN4S/c16-10-4-3-5-11(8-10)18-15(21)17-9-14-19-12-6-1-2-7-13(12)20-14/h1-8H,9H2,(H,19,20)(H2,17,18,21). The van der Waals surface area contributed by atoms with E-state index in [1.165, 1.54) is 0 Å². The molecule has 0 aliphatic heterocycles. The van der Waals surface area contributed by atoms with Gasteiger partial charge in [-0.15, -0.1) is 0 Å². The fraction of sp³-hybridized carbons (Fsp3) is 0.0667. The lowest BCUT2D eigenvalue weighted by Crippen LogP contribution is -2.28. The third-order valence-electron chi connectivity index (χ3n) is 2.94. The minimum absolute atomic E-state index is 0.550. The molecule has 0 aliphatic rings. The van der Waals surface area contributed by atoms with Crippen LogP contribution in [0.2, 0.25) is 0 Å². The van der Waals surface area contributed by atoms with Crippen LogP contribution in [0.5, 0.6) is 0 Å². The van der Waals surface area contributed by atoms with Gasteiger partial charge in [-0.1, -0.05) is 34.1 Å². The summed E-state index contributed by atoms with van der Waals surface area (Å²) in [4.78, 5) is 7.75. The van der Waals surface area contributed by atoms with E-state index in [4.69, 9.17) is 12.2 Å². The average Bonchev–Trinajstić information content (AvgIpc) is 2.88. The fourth-order valence-corrected chi connectivity index (χ4v) is 2.58. The van der Waals surface area contributed by atoms with Crippen LogP contribution in [0.1, 0.15) is 5.82 Å². The number of nitrogens with zero attached hydrogens (tertiary/aromatic N) is 1. The Morgan fingerprint density at radius 3 is 2.86 bits per heavy atom. The Kier molecular flexibility index (Phi) is 4.17. The first-order chi connectivity index (χ1) is 10.2. The van der Waals surface area contributed by atoms with Crippen molar-refractivity contribution in [1.29, 1.82) is 0 Å². The van der Waals surface area contributed by atoms with Gasteiger partial charge in [0.1, 0.15) is 5.82 Å². The van der Waals surface area contributed by atoms with Gasteiger partial charge in [0.15, 0.2) is 5.11 Å². The number of anilines is 1. The summed E-state index contributed by atoms with van der Waals surface area (Å²) in [7, 11) is 0. The van der Waals surface area contributed by atoms with Crippen molar-refractivity contribution in [1.82, 2.24) is 15.3 Å². The molecule has 4 nitrogen and oxygen atoms in total. The fourth-order valence-electron chi connectivity index (χ4n) is 1.99. The van der Waals surface area contributed by atoms with E-state index in [9.17, 15) is 0 Å². The maximum Gasteiger partial charge on any atom is 0.171 e. The Hall–Kier alpha value is -1.92. The number of rotatable bonds is 3. The highest BCUT2D eigenvalue weighted by molar-refractivity contribution is 9.10. The number of thiocarbonyl (C=S) groups is 1. The first-order valence-corrected chi connectivity index (χ1v) is 7.65. The van der Waals surface area contributed by atoms with Crippen LogP contribution in [0.25, 0.3) is 11.0 Å². The van der Waals surface area contributed by atoms with Crippen molar-refractivity contribution in [3.63, 3.8) is 0 Å². The molecule has 106 valence electrons. The van der Waals surface area contributed by atoms with E-state index in [-0.39, 0.29) is 0 Å². The Balaban J connectivity index is 1.60. The van der Waals surface area contributed by atoms with Gasteiger partial charge in [0, 0.05) is 10.2 Å². The van der Waals surface area contributed by atoms with Gasteiger partial charge < -0.3 is 15.6 Å². The molecule has 3 aromatic rings. The van der Waals surface area contributed by atoms with Gasteiger partial charge in [0.2, 0.25) is 0 Å². The molecule has 0 fully saturated rings. The van der Waals surface area contributed by atoms with Crippen LogP contribution >= 0.6 is 28.1 Å². The largest absolute Gasteiger partial charge is 0.355 e. The molecule has 0 amide bonds. The summed E-state index contributed by atoms with van der Waals surface area (Å²) >= 11 is 8.71. The highest BCUT2D eigenvalue weighted by Gasteiger charge is 2.03. The zero-order chi connectivity index (χ0) is 14.7. The molecule has 21 heavy (non-hydrogen) atoms. The molecule has 0 saturated heterocycles. The lowest BCUT2D eigenvalue weighted by Gasteiger charge is -2.09. The zero-order valence-corrected chi connectivity index (χ0v) is 13.5. The van der Waals surface area contributed by atoms with Crippen molar-refractivity contribution in [2.45, 2.75) is 6.54 Å². The number of H-pyrrole nitrogens is 1. The molecule has 3 rings (SSSR count). The molecule has 0 radical (unpaired) electrons. The summed E-state index contributed by atoms with van der Waals surface area (Å²) in [6, 6.07) is 15.8. The summed E-state index contributed by atoms with van der Waals surface area (Å²) in [5, 5.41) is 6.84. The maximum absolute atomic E-state index is 5.28. The van der Waals surface area contributed by atoms with E-state index in [0.717, 1.165) is 27.0 Å². The van der Waals surface area contributed by atoms with Crippen LogP contribution < -0.4 is 10.6 Å². The van der Waals surface area contributed by atoms with E-state index in [1.807, 2.05) is 48.5 Å². The Labute approximate surface area is 136 Å². The van der Waals surface area contributed by atoms with Crippen LogP contribution in [0.3, 0.4) is 0 Å². The van der Waals surface area contributed by atoms with E-state index >= 15 is 0 Å². The molecule has 2 aromatic carbocycles. The number of hydrogen-bond donors (Lipinski definition) is 3. The smallest absolute Gasteiger partial charge is 0.171 e. The van der Waals surface area contributed by atoms with Gasteiger partial charge in [-0.25, -0.2) is 4.98 Å². The Morgan fingerprint density at radius 1 is 1.19 bits per heavy atom. The van der Waals surface area contributed by atoms with E-state index in [2.05, 4.69) is 36.5 Å². The molecule has 1 heterocycles. The molecule has 0 unspecified atom stereocenters. The molecular formula is C15H13BrN4S. The number of para-hydroxylation sites is 2. The number of halogens is 1. The van der Waals surface area contributed by atoms with Gasteiger partial charge in [-0.05, 0) is 42.5 Å². The first kappa shape index (κ1) is 14.0. The summed E-state index contributed by atoms with van der Waals surface area (Å²) in [6.45, 7) is 0.550. The van der Waals surface area contributed by atoms with Crippen LogP contribution in [-0.4, -0.2) is 15.1 Å². The van der Waals surface area contributed by atoms with Crippen molar-refractivity contribution in [3.8, 4) is 0 Å². The van der Waals surface area contributed by atoms with E-state index < -0.39 is 0 Å². The predicted molar refractivity (Wildman–Crippen MR) is 93.3 cm³/mol. The zero-order valence-electron chi connectivity index (χ0n) is 11.1. The van der Waals surface area contributed by atoms with Gasteiger partial charge in [0.25, 0.3) is 0 Å². The van der Waals surface area contributed by atoms with Crippen molar-refractivity contribution < 1.29 is 0 Å². The van der Waals surface area contributed by atoms with Gasteiger partial charge in [-0.3, -0.25) is 0 Å². The summed E-state index contributed by atoms with van der Waals surface area (Å²) < 4.78 is 1.01. The SMILES string of the molecule is S=C(NCc1nc2ccccc2[nH]1)Nc1cccc(Br)c1. The highest BCUT2D eigenvalue weighted by Crippen LogP contribution is 2.15. The number of benzene rings is 2. The molecule has 3 N–H and O–H groups in total. The lowest BCUT2D eigenvalue weighted by molar-refractivity contribution is 0.859. The van der Waals surface area contributed by atoms with Crippen LogP contribution in [-0.2, 0) is 6.54 Å². The average molecular weight is 361 g/mol. The number of imidazole rings is 1. The molecule has 0 bridgehead atoms. The molecule has 0 saturated carbocycles. The van der Waals surface area contributed by atoms with Crippen molar-refractivity contribution >= 4 is 50.0 Å². The summed E-state index contributed by atoms with van der Waals surface area (Å²) in [5.41, 5.74) is 2.92. The quantitative estimate of drug-likeness (QED) is 0.621. The summed E-state index contributed by atoms with van der Waals surface area (Å²) in [5.74, 6) is 0.856. The van der Waals surface area contributed by atoms with Crippen molar-refractivity contribution in [3.05, 3.63) is 58.8 Å². The second kappa shape index (κ2) is 6.24. The molecule has 1 aromatic heterocycles. The molecule has 0 atom stereocenters. The molecule has 0 aliphatic carbocycles. The van der Waals surface area contributed by atoms with Gasteiger partial charge >= 0.3 is 0 Å². The predicted octanol–water partition coefficient (Wildman–Crippen LogP) is 3.81. The van der Waals surface area contributed by atoms with Crippen LogP contribution in [0.15, 0.2) is 53.0 Å². The number of nitrogens with one attached hydrogen (secondary N) is 3. The van der Waals surface area contributed by atoms with Crippen molar-refractivity contribution in [2.75, 3.05) is 5.32 Å². The third-order valence-corrected chi connectivity index (χ3v) is 3.68. The third kappa shape index (κ3) is 3.59. The van der Waals surface area contributed by atoms with Crippen molar-refractivity contribution in [2.24, 2.45) is 0 Å². The molecule has 6 heteroatoms. The number of hydrogen-bond acceptors (Lipinski definition) is 2. The Morgan fingerprint density at radius 2 is 2.05 bits per heavy atom. The van der Waals surface area contributed by atoms with Crippen LogP contribution in [0.4, 0.5) is 5.69 Å². The number of aromatic nitrogens is 2. The van der Waals surface area contributed by atoms with Gasteiger partial charge in [-0.2, -0.15) is 0 Å². The normalized spacial score (nSPS) is 10.5. The second-order valence-corrected chi connectivity index (χ2v) is 5.84. The van der Waals surface area contributed by atoms with Gasteiger partial charge in [0.05, 0.1) is 17.6 Å². The summed E-state index contributed by atoms with van der Waals surface area (Å²) in [6.07, 6.45) is 0. The maximum atomic E-state index is 5.28. The highest BCUT2D eigenvalue weighted by atomic mass is 79.9. The molecular weight excluding hydrogens is 348 g/mol. The first-order valence-electron chi connectivity index (χ1n) is 6.45. The van der Waals surface area contributed by atoms with E-state index in [0.29, 0.717) is 11.7 Å².